The summed E-state index contributed by atoms with van der Waals surface area (Å²) >= 11 is 0. The smallest absolute Gasteiger partial charge is 0.356 e. The van der Waals surface area contributed by atoms with Crippen LogP contribution in [0.5, 0.6) is 0 Å². The van der Waals surface area contributed by atoms with Crippen LogP contribution in [0.4, 0.5) is 0 Å². The summed E-state index contributed by atoms with van der Waals surface area (Å²) in [6, 6.07) is 0.0341. The maximum Gasteiger partial charge on any atom is 0.356 e. The van der Waals surface area contributed by atoms with Crippen LogP contribution in [0, 0.1) is 5.92 Å². The molecule has 8 N–H and O–H groups in total. The van der Waals surface area contributed by atoms with Crippen molar-refractivity contribution in [3.8, 4) is 0 Å². The van der Waals surface area contributed by atoms with E-state index in [0.29, 0.717) is 12.0 Å². The van der Waals surface area contributed by atoms with E-state index in [1.807, 2.05) is 0 Å². The molecule has 0 aromatic heterocycles. The monoisotopic (exact) mass is 598 g/mol. The highest BCUT2D eigenvalue weighted by Gasteiger charge is 2.35. The van der Waals surface area contributed by atoms with E-state index < -0.39 is 73.8 Å². The fraction of sp³-hybridized carbons (Fsp3) is 0.520. The molecule has 3 unspecified atom stereocenters. The van der Waals surface area contributed by atoms with Gasteiger partial charge < -0.3 is 41.3 Å². The van der Waals surface area contributed by atoms with Gasteiger partial charge in [-0.3, -0.25) is 28.5 Å². The van der Waals surface area contributed by atoms with E-state index in [-0.39, 0.29) is 36.9 Å². The number of aliphatic carboxylic acids is 2. The number of carbonyl (C=O) groups is 6. The number of benzene rings is 1. The lowest BCUT2D eigenvalue weighted by Gasteiger charge is -2.22. The van der Waals surface area contributed by atoms with Crippen LogP contribution in [-0.2, 0) is 39.8 Å². The van der Waals surface area contributed by atoms with Crippen LogP contribution in [0.1, 0.15) is 51.5 Å². The zero-order chi connectivity index (χ0) is 30.9. The summed E-state index contributed by atoms with van der Waals surface area (Å²) < 4.78 is 11.4. The van der Waals surface area contributed by atoms with Gasteiger partial charge in [-0.15, -0.1) is 0 Å². The Balaban J connectivity index is 2.26. The summed E-state index contributed by atoms with van der Waals surface area (Å²) in [4.78, 5) is 92.9. The Bertz CT molecular complexity index is 1200. The van der Waals surface area contributed by atoms with Crippen molar-refractivity contribution in [2.24, 2.45) is 5.92 Å². The first-order valence-corrected chi connectivity index (χ1v) is 14.5. The van der Waals surface area contributed by atoms with Crippen LogP contribution in [-0.4, -0.2) is 79.7 Å². The van der Waals surface area contributed by atoms with Gasteiger partial charge >= 0.3 is 19.5 Å². The first-order valence-electron chi connectivity index (χ1n) is 12.9. The molecule has 4 amide bonds. The second-order valence-electron chi connectivity index (χ2n) is 9.84. The average Bonchev–Trinajstić information content (AvgIpc) is 2.93. The highest BCUT2D eigenvalue weighted by molar-refractivity contribution is 7.60. The lowest BCUT2D eigenvalue weighted by Crippen LogP contribution is -2.52. The molecule has 16 heteroatoms. The van der Waals surface area contributed by atoms with Crippen molar-refractivity contribution in [3.05, 3.63) is 29.8 Å². The minimum absolute atomic E-state index is 0.138. The lowest BCUT2D eigenvalue weighted by atomic mass is 9.99. The number of amides is 4. The third-order valence-electron chi connectivity index (χ3n) is 6.71. The maximum absolute atomic E-state index is 13.1. The highest BCUT2D eigenvalue weighted by atomic mass is 31.2. The van der Waals surface area contributed by atoms with Crippen molar-refractivity contribution in [2.45, 2.75) is 76.5 Å². The molecule has 0 aliphatic carbocycles. The molecular weight excluding hydrogens is 563 g/mol. The Morgan fingerprint density at radius 2 is 1.37 bits per heavy atom. The summed E-state index contributed by atoms with van der Waals surface area (Å²) in [5, 5.41) is 28.0. The average molecular weight is 599 g/mol. The number of carboxylic acid groups (broad SMARTS) is 2. The van der Waals surface area contributed by atoms with Crippen LogP contribution >= 0.6 is 7.60 Å². The summed E-state index contributed by atoms with van der Waals surface area (Å²) in [6.07, 6.45) is -0.990. The number of nitrogens with one attached hydrogen (secondary N) is 4. The molecule has 1 heterocycles. The molecular formula is C25H35N4O11P. The van der Waals surface area contributed by atoms with E-state index in [1.165, 1.54) is 24.3 Å². The molecule has 1 aromatic carbocycles. The molecule has 41 heavy (non-hydrogen) atoms. The molecule has 0 bridgehead atoms. The van der Waals surface area contributed by atoms with Crippen molar-refractivity contribution in [1.29, 1.82) is 0 Å². The normalized spacial score (nSPS) is 21.2. The molecule has 5 atom stereocenters. The SMILES string of the molecule is CCC(C)[C@H](NC(=O)CCC1NC(=O)[C@H](CCC(=O)O)NC(=O)C(Cc2ccc(P(=O)(O)O)cc2)NC1=O)C(=O)O. The fourth-order valence-electron chi connectivity index (χ4n) is 4.10. The van der Waals surface area contributed by atoms with Gasteiger partial charge in [-0.25, -0.2) is 4.79 Å². The third kappa shape index (κ3) is 10.3. The predicted molar refractivity (Wildman–Crippen MR) is 143 cm³/mol. The Labute approximate surface area is 235 Å². The van der Waals surface area contributed by atoms with Gasteiger partial charge in [0, 0.05) is 19.3 Å². The van der Waals surface area contributed by atoms with Crippen LogP contribution in [0.15, 0.2) is 24.3 Å². The topological polar surface area (TPSA) is 249 Å². The van der Waals surface area contributed by atoms with Gasteiger partial charge in [-0.1, -0.05) is 32.4 Å². The van der Waals surface area contributed by atoms with Gasteiger partial charge in [0.15, 0.2) is 0 Å². The molecule has 1 aliphatic heterocycles. The first-order chi connectivity index (χ1) is 19.1. The molecule has 1 aliphatic rings. The Kier molecular flexibility index (Phi) is 12.0. The highest BCUT2D eigenvalue weighted by Crippen LogP contribution is 2.32. The number of carbonyl (C=O) groups excluding carboxylic acids is 4. The van der Waals surface area contributed by atoms with E-state index in [4.69, 9.17) is 5.11 Å². The molecule has 0 saturated carbocycles. The minimum Gasteiger partial charge on any atom is -0.481 e. The van der Waals surface area contributed by atoms with Crippen LogP contribution in [0.3, 0.4) is 0 Å². The van der Waals surface area contributed by atoms with E-state index in [9.17, 15) is 48.2 Å². The van der Waals surface area contributed by atoms with Crippen LogP contribution < -0.4 is 26.6 Å². The minimum atomic E-state index is -4.51. The number of carboxylic acids is 2. The van der Waals surface area contributed by atoms with Gasteiger partial charge in [-0.2, -0.15) is 0 Å². The van der Waals surface area contributed by atoms with Gasteiger partial charge in [0.2, 0.25) is 23.6 Å². The summed E-state index contributed by atoms with van der Waals surface area (Å²) in [5.41, 5.74) is 0.420. The van der Waals surface area contributed by atoms with Gasteiger partial charge in [0.05, 0.1) is 5.30 Å². The zero-order valence-electron chi connectivity index (χ0n) is 22.5. The van der Waals surface area contributed by atoms with Gasteiger partial charge in [0.25, 0.3) is 0 Å². The maximum atomic E-state index is 13.1. The molecule has 0 radical (unpaired) electrons. The molecule has 2 rings (SSSR count). The summed E-state index contributed by atoms with van der Waals surface area (Å²) in [5.74, 6) is -5.91. The number of hydrogen-bond acceptors (Lipinski definition) is 7. The van der Waals surface area contributed by atoms with Crippen LogP contribution in [0.2, 0.25) is 0 Å². The van der Waals surface area contributed by atoms with E-state index in [0.717, 1.165) is 0 Å². The van der Waals surface area contributed by atoms with Gasteiger partial charge in [0.1, 0.15) is 24.2 Å². The second kappa shape index (κ2) is 14.7. The van der Waals surface area contributed by atoms with Crippen molar-refractivity contribution < 1.29 is 53.3 Å². The largest absolute Gasteiger partial charge is 0.481 e. The van der Waals surface area contributed by atoms with E-state index in [2.05, 4.69) is 21.3 Å². The van der Waals surface area contributed by atoms with Crippen molar-refractivity contribution in [2.75, 3.05) is 0 Å². The predicted octanol–water partition coefficient (Wildman–Crippen LogP) is -1.24. The molecule has 0 spiro atoms. The fourth-order valence-corrected chi connectivity index (χ4v) is 4.64. The molecule has 226 valence electrons. The Morgan fingerprint density at radius 3 is 1.83 bits per heavy atom. The van der Waals surface area contributed by atoms with Crippen molar-refractivity contribution in [1.82, 2.24) is 21.3 Å². The first kappa shape index (κ1) is 33.4. The molecule has 1 saturated heterocycles. The summed E-state index contributed by atoms with van der Waals surface area (Å²) in [7, 11) is -4.51. The van der Waals surface area contributed by atoms with E-state index in [1.54, 1.807) is 13.8 Å². The second-order valence-corrected chi connectivity index (χ2v) is 11.4. The summed E-state index contributed by atoms with van der Waals surface area (Å²) in [6.45, 7) is 3.43. The van der Waals surface area contributed by atoms with Crippen LogP contribution in [0.25, 0.3) is 0 Å². The molecule has 1 aromatic rings. The lowest BCUT2D eigenvalue weighted by molar-refractivity contribution is -0.143. The molecule has 15 nitrogen and oxygen atoms in total. The number of hydrogen-bond donors (Lipinski definition) is 8. The number of rotatable bonds is 13. The van der Waals surface area contributed by atoms with E-state index >= 15 is 0 Å². The van der Waals surface area contributed by atoms with Crippen molar-refractivity contribution in [3.63, 3.8) is 0 Å². The van der Waals surface area contributed by atoms with Gasteiger partial charge in [-0.05, 0) is 36.5 Å². The quantitative estimate of drug-likeness (QED) is 0.125. The van der Waals surface area contributed by atoms with Crippen molar-refractivity contribution >= 4 is 48.5 Å². The standard InChI is InChI=1S/C25H35N4O11P/c1-3-13(2)21(25(36)37)29-19(30)10-8-16-23(34)28-18(12-14-4-6-15(7-5-14)41(38,39)40)24(35)27-17(22(33)26-16)9-11-20(31)32/h4-7,13,16-18,21H,3,8-12H2,1-2H3,(H,26,33)(H,27,35)(H,28,34)(H,29,30)(H,31,32)(H,36,37)(H2,38,39,40)/t13?,16?,17-,18?,21-/m0/s1. The Hall–Kier alpha value is -3.81. The third-order valence-corrected chi connectivity index (χ3v) is 7.68. The Morgan fingerprint density at radius 1 is 0.878 bits per heavy atom. The zero-order valence-corrected chi connectivity index (χ0v) is 23.4. The molecule has 1 fully saturated rings.